The molecule has 0 spiro atoms. The number of ether oxygens (including phenoxy) is 2. The number of benzene rings is 2. The number of rotatable bonds is 4. The molecule has 0 aliphatic rings. The van der Waals surface area contributed by atoms with E-state index in [4.69, 9.17) is 21.1 Å². The molecule has 0 saturated heterocycles. The average molecular weight is 418 g/mol. The Labute approximate surface area is 141 Å². The zero-order valence-electron chi connectivity index (χ0n) is 11.4. The van der Waals surface area contributed by atoms with E-state index in [-0.39, 0.29) is 5.91 Å². The van der Waals surface area contributed by atoms with E-state index in [1.807, 2.05) is 18.2 Å². The number of halogens is 2. The van der Waals surface area contributed by atoms with Crippen LogP contribution in [-0.4, -0.2) is 20.1 Å². The second-order valence-electron chi connectivity index (χ2n) is 4.12. The van der Waals surface area contributed by atoms with Crippen LogP contribution in [0.5, 0.6) is 11.5 Å². The SMILES string of the molecule is COc1cc(Cl)c(NC(=O)c2ccccc2I)cc1OC. The molecule has 0 aliphatic carbocycles. The van der Waals surface area contributed by atoms with Gasteiger partial charge in [0.1, 0.15) is 0 Å². The molecule has 0 fully saturated rings. The smallest absolute Gasteiger partial charge is 0.256 e. The highest BCUT2D eigenvalue weighted by atomic mass is 127. The monoisotopic (exact) mass is 417 g/mol. The van der Waals surface area contributed by atoms with E-state index in [1.165, 1.54) is 14.2 Å². The van der Waals surface area contributed by atoms with Gasteiger partial charge in [-0.15, -0.1) is 0 Å². The fourth-order valence-corrected chi connectivity index (χ4v) is 2.62. The molecule has 6 heteroatoms. The molecule has 21 heavy (non-hydrogen) atoms. The summed E-state index contributed by atoms with van der Waals surface area (Å²) in [6.45, 7) is 0. The first-order valence-electron chi connectivity index (χ1n) is 6.04. The van der Waals surface area contributed by atoms with Crippen LogP contribution in [0.4, 0.5) is 5.69 Å². The predicted octanol–water partition coefficient (Wildman–Crippen LogP) is 4.21. The van der Waals surface area contributed by atoms with Crippen molar-refractivity contribution >= 4 is 45.8 Å². The zero-order chi connectivity index (χ0) is 15.4. The number of nitrogens with one attached hydrogen (secondary N) is 1. The Kier molecular flexibility index (Phi) is 5.30. The summed E-state index contributed by atoms with van der Waals surface area (Å²) in [7, 11) is 3.05. The van der Waals surface area contributed by atoms with E-state index in [0.717, 1.165) is 3.57 Å². The second kappa shape index (κ2) is 7.00. The highest BCUT2D eigenvalue weighted by molar-refractivity contribution is 14.1. The number of hydrogen-bond acceptors (Lipinski definition) is 3. The maximum atomic E-state index is 12.3. The average Bonchev–Trinajstić information content (AvgIpc) is 2.49. The summed E-state index contributed by atoms with van der Waals surface area (Å²) in [5.41, 5.74) is 1.06. The van der Waals surface area contributed by atoms with Gasteiger partial charge in [0.15, 0.2) is 11.5 Å². The van der Waals surface area contributed by atoms with Gasteiger partial charge in [0.25, 0.3) is 5.91 Å². The van der Waals surface area contributed by atoms with Crippen molar-refractivity contribution in [2.45, 2.75) is 0 Å². The highest BCUT2D eigenvalue weighted by Gasteiger charge is 2.14. The van der Waals surface area contributed by atoms with Crippen molar-refractivity contribution in [2.75, 3.05) is 19.5 Å². The fourth-order valence-electron chi connectivity index (χ4n) is 1.78. The van der Waals surface area contributed by atoms with Gasteiger partial charge in [0.05, 0.1) is 30.5 Å². The van der Waals surface area contributed by atoms with Crippen molar-refractivity contribution in [1.82, 2.24) is 0 Å². The summed E-state index contributed by atoms with van der Waals surface area (Å²) < 4.78 is 11.2. The van der Waals surface area contributed by atoms with Crippen LogP contribution in [0.1, 0.15) is 10.4 Å². The molecule has 4 nitrogen and oxygen atoms in total. The summed E-state index contributed by atoms with van der Waals surface area (Å²) in [4.78, 5) is 12.3. The van der Waals surface area contributed by atoms with Crippen LogP contribution < -0.4 is 14.8 Å². The van der Waals surface area contributed by atoms with Gasteiger partial charge in [-0.25, -0.2) is 0 Å². The van der Waals surface area contributed by atoms with Crippen LogP contribution in [0.2, 0.25) is 5.02 Å². The second-order valence-corrected chi connectivity index (χ2v) is 5.69. The van der Waals surface area contributed by atoms with E-state index in [1.54, 1.807) is 18.2 Å². The lowest BCUT2D eigenvalue weighted by Crippen LogP contribution is -2.13. The van der Waals surface area contributed by atoms with Gasteiger partial charge in [0.2, 0.25) is 0 Å². The topological polar surface area (TPSA) is 47.6 Å². The Morgan fingerprint density at radius 3 is 2.38 bits per heavy atom. The molecular weight excluding hydrogens is 405 g/mol. The molecule has 0 aromatic heterocycles. The van der Waals surface area contributed by atoms with Crippen molar-refractivity contribution in [3.63, 3.8) is 0 Å². The van der Waals surface area contributed by atoms with E-state index in [2.05, 4.69) is 27.9 Å². The molecule has 2 aromatic rings. The van der Waals surface area contributed by atoms with Crippen LogP contribution in [0.3, 0.4) is 0 Å². The number of carbonyl (C=O) groups is 1. The van der Waals surface area contributed by atoms with Crippen molar-refractivity contribution in [3.05, 3.63) is 50.6 Å². The Morgan fingerprint density at radius 1 is 1.14 bits per heavy atom. The number of methoxy groups -OCH3 is 2. The minimum atomic E-state index is -0.228. The predicted molar refractivity (Wildman–Crippen MR) is 91.7 cm³/mol. The van der Waals surface area contributed by atoms with Gasteiger partial charge in [-0.2, -0.15) is 0 Å². The zero-order valence-corrected chi connectivity index (χ0v) is 14.4. The lowest BCUT2D eigenvalue weighted by atomic mass is 10.2. The summed E-state index contributed by atoms with van der Waals surface area (Å²) in [5.74, 6) is 0.781. The molecule has 0 atom stereocenters. The van der Waals surface area contributed by atoms with Gasteiger partial charge in [-0.1, -0.05) is 23.7 Å². The van der Waals surface area contributed by atoms with Crippen molar-refractivity contribution in [1.29, 1.82) is 0 Å². The normalized spacial score (nSPS) is 10.1. The lowest BCUT2D eigenvalue weighted by molar-refractivity contribution is 0.102. The molecule has 0 unspecified atom stereocenters. The van der Waals surface area contributed by atoms with Crippen LogP contribution in [0.25, 0.3) is 0 Å². The molecule has 0 bridgehead atoms. The maximum Gasteiger partial charge on any atom is 0.256 e. The van der Waals surface area contributed by atoms with Gasteiger partial charge in [0, 0.05) is 15.7 Å². The molecule has 2 rings (SSSR count). The van der Waals surface area contributed by atoms with Gasteiger partial charge in [-0.3, -0.25) is 4.79 Å². The van der Waals surface area contributed by atoms with E-state index >= 15 is 0 Å². The van der Waals surface area contributed by atoms with Gasteiger partial charge in [-0.05, 0) is 34.7 Å². The summed E-state index contributed by atoms with van der Waals surface area (Å²) in [6.07, 6.45) is 0. The molecule has 0 saturated carbocycles. The first-order valence-corrected chi connectivity index (χ1v) is 7.50. The minimum Gasteiger partial charge on any atom is -0.493 e. The van der Waals surface area contributed by atoms with E-state index in [0.29, 0.717) is 27.8 Å². The molecule has 2 aromatic carbocycles. The number of anilines is 1. The van der Waals surface area contributed by atoms with Crippen molar-refractivity contribution in [3.8, 4) is 11.5 Å². The van der Waals surface area contributed by atoms with Crippen molar-refractivity contribution < 1.29 is 14.3 Å². The Morgan fingerprint density at radius 2 is 1.76 bits per heavy atom. The minimum absolute atomic E-state index is 0.228. The first-order chi connectivity index (χ1) is 10.1. The quantitative estimate of drug-likeness (QED) is 0.758. The maximum absolute atomic E-state index is 12.3. The Bertz CT molecular complexity index is 676. The number of hydrogen-bond donors (Lipinski definition) is 1. The molecule has 110 valence electrons. The third-order valence-corrected chi connectivity index (χ3v) is 4.09. The third kappa shape index (κ3) is 3.59. The van der Waals surface area contributed by atoms with E-state index < -0.39 is 0 Å². The molecular formula is C15H13ClINO3. The summed E-state index contributed by atoms with van der Waals surface area (Å²) in [5, 5.41) is 3.16. The molecule has 0 aliphatic heterocycles. The largest absolute Gasteiger partial charge is 0.493 e. The van der Waals surface area contributed by atoms with Crippen LogP contribution in [-0.2, 0) is 0 Å². The summed E-state index contributed by atoms with van der Waals surface area (Å²) in [6, 6.07) is 10.5. The third-order valence-electron chi connectivity index (χ3n) is 2.84. The number of amides is 1. The van der Waals surface area contributed by atoms with Crippen LogP contribution in [0.15, 0.2) is 36.4 Å². The molecule has 1 N–H and O–H groups in total. The Balaban J connectivity index is 2.31. The highest BCUT2D eigenvalue weighted by Crippen LogP contribution is 2.36. The van der Waals surface area contributed by atoms with Gasteiger partial charge < -0.3 is 14.8 Å². The van der Waals surface area contributed by atoms with Crippen LogP contribution in [0, 0.1) is 3.57 Å². The Hall–Kier alpha value is -1.47. The van der Waals surface area contributed by atoms with Crippen LogP contribution >= 0.6 is 34.2 Å². The van der Waals surface area contributed by atoms with Crippen molar-refractivity contribution in [2.24, 2.45) is 0 Å². The molecule has 0 radical (unpaired) electrons. The summed E-state index contributed by atoms with van der Waals surface area (Å²) >= 11 is 8.27. The lowest BCUT2D eigenvalue weighted by Gasteiger charge is -2.13. The fraction of sp³-hybridized carbons (Fsp3) is 0.133. The van der Waals surface area contributed by atoms with E-state index in [9.17, 15) is 4.79 Å². The number of carbonyl (C=O) groups excluding carboxylic acids is 1. The van der Waals surface area contributed by atoms with Gasteiger partial charge >= 0.3 is 0 Å². The standard InChI is InChI=1S/C15H13ClINO3/c1-20-13-7-10(16)12(8-14(13)21-2)18-15(19)9-5-3-4-6-11(9)17/h3-8H,1-2H3,(H,18,19). The first kappa shape index (κ1) is 15.9. The molecule has 1 amide bonds. The molecule has 0 heterocycles.